The number of methoxy groups -OCH3 is 6. The third-order valence-electron chi connectivity index (χ3n) is 16.3. The number of aryl methyl sites for hydroxylation is 3. The largest absolute Gasteiger partial charge is 0.493 e. The van der Waals surface area contributed by atoms with Gasteiger partial charge in [0.25, 0.3) is 6.43 Å². The first-order valence-corrected chi connectivity index (χ1v) is 39.5. The van der Waals surface area contributed by atoms with Gasteiger partial charge in [-0.3, -0.25) is 25.3 Å². The molecule has 634 valence electrons. The zero-order valence-electron chi connectivity index (χ0n) is 66.9. The maximum atomic E-state index is 13.2. The minimum atomic E-state index is -2.73. The van der Waals surface area contributed by atoms with Crippen molar-refractivity contribution in [1.29, 1.82) is 0 Å². The monoisotopic (exact) mass is 1960 g/mol. The van der Waals surface area contributed by atoms with Crippen LogP contribution >= 0.6 is 99.3 Å². The Hall–Kier alpha value is -11.2. The van der Waals surface area contributed by atoms with Crippen molar-refractivity contribution in [1.82, 2.24) is 63.7 Å². The Morgan fingerprint density at radius 2 is 1.05 bits per heavy atom. The molecule has 13 aromatic rings. The molecule has 1 saturated heterocycles. The van der Waals surface area contributed by atoms with E-state index in [0.717, 1.165) is 101 Å². The third-order valence-corrected chi connectivity index (χ3v) is 19.3. The van der Waals surface area contributed by atoms with Crippen molar-refractivity contribution in [2.45, 2.75) is 59.6 Å². The van der Waals surface area contributed by atoms with E-state index in [4.69, 9.17) is 78.7 Å². The van der Waals surface area contributed by atoms with Gasteiger partial charge in [0.2, 0.25) is 11.7 Å². The van der Waals surface area contributed by atoms with Crippen molar-refractivity contribution in [3.63, 3.8) is 0 Å². The quantitative estimate of drug-likeness (QED) is 0.0125. The van der Waals surface area contributed by atoms with Crippen LogP contribution in [0.1, 0.15) is 73.3 Å². The number of hydrogen-bond donors (Lipinski definition) is 4. The highest BCUT2D eigenvalue weighted by Gasteiger charge is 2.29. The number of carbonyl (C=O) groups excluding carboxylic acids is 1. The number of amides is 1. The Bertz CT molecular complexity index is 5370. The van der Waals surface area contributed by atoms with E-state index in [2.05, 4.69) is 139 Å². The predicted molar refractivity (Wildman–Crippen MR) is 481 cm³/mol. The van der Waals surface area contributed by atoms with Crippen LogP contribution < -0.4 is 51.2 Å². The van der Waals surface area contributed by atoms with Crippen molar-refractivity contribution in [3.8, 4) is 51.6 Å². The predicted octanol–water partition coefficient (Wildman–Crippen LogP) is 19.3. The Labute approximate surface area is 741 Å². The molecule has 6 heterocycles. The number of hydrazine groups is 1. The van der Waals surface area contributed by atoms with Crippen molar-refractivity contribution < 1.29 is 51.7 Å². The second-order valence-corrected chi connectivity index (χ2v) is 28.7. The van der Waals surface area contributed by atoms with Gasteiger partial charge in [-0.25, -0.2) is 57.7 Å². The van der Waals surface area contributed by atoms with Crippen LogP contribution in [0, 0.1) is 30.9 Å². The number of hydrogen-bond acceptors (Lipinski definition) is 23. The number of alkyl halides is 2. The normalized spacial score (nSPS) is 11.6. The molecule has 7 N–H and O–H groups in total. The smallest absolute Gasteiger partial charge is 0.312 e. The molecule has 0 spiro atoms. The summed E-state index contributed by atoms with van der Waals surface area (Å²) in [6.07, 6.45) is 5.25. The Morgan fingerprint density at radius 3 is 1.46 bits per heavy atom. The topological polar surface area (TPSA) is 366 Å². The maximum absolute atomic E-state index is 13.2. The number of nitro groups is 1. The molecule has 14 rings (SSSR count). The van der Waals surface area contributed by atoms with Gasteiger partial charge in [0.05, 0.1) is 99.6 Å². The number of halogens is 9. The molecule has 0 aliphatic carbocycles. The molecule has 0 radical (unpaired) electrons. The van der Waals surface area contributed by atoms with Crippen LogP contribution in [-0.2, 0) is 9.53 Å². The Morgan fingerprint density at radius 1 is 0.608 bits per heavy atom. The molecule has 1 amide bonds. The average molecular weight is 1960 g/mol. The number of aliphatic imine (C=N–C) groups is 2. The Balaban J connectivity index is 0.000000219. The standard InChI is InChI=1S/C23H20N4O.C12H11Cl2F2N3O.C10H10BrN3O.C10H12N4O.C7H9BrN2O.C7H6BrNO3.C7H8BrNO.C5H10N2O.ClH/c1-17-24-16-25-27(17)21-15-9-14-20(23(21)28-2)26-22(18-10-5-3-6-11-18)19-12-7-4-8-13-19;13-6-5-7(14)17-11-9(6)18-12(10(15)16)19(11)8-3-1-2-4-20-8;2*1-7-12-6-13-14(7)9-5-3-4-8(11)10(9)15-2;1-11-7-5(8)3-2-4-6(7)10-9;1-12-7-5(8)3-2-4-6(7)9(10)11;1-10-7-5(8)3-2-4-6(7)9;1-5(8)6-4-7(2)3;/h3-16H,1-2H3;5,8,10H,1-4H2;3-6H,1-2H3;3-6H,11H2,1-2H3;2-4,10H,9H2,1H3;2-4H,1H3;2-4H,9H2,1H3;4H,1-3H3;1H. The van der Waals surface area contributed by atoms with Gasteiger partial charge >= 0.3 is 5.69 Å². The van der Waals surface area contributed by atoms with Crippen molar-refractivity contribution in [2.24, 2.45) is 15.8 Å². The molecule has 120 heavy (non-hydrogen) atoms. The highest BCUT2D eigenvalue weighted by Crippen LogP contribution is 2.40. The molecule has 39 heteroatoms. The van der Waals surface area contributed by atoms with Crippen molar-refractivity contribution in [3.05, 3.63) is 268 Å². The van der Waals surface area contributed by atoms with E-state index in [9.17, 15) is 23.7 Å². The van der Waals surface area contributed by atoms with Gasteiger partial charge in [-0.15, -0.1) is 12.4 Å². The molecule has 1 aliphatic rings. The summed E-state index contributed by atoms with van der Waals surface area (Å²) < 4.78 is 73.0. The first-order valence-electron chi connectivity index (χ1n) is 35.6. The Kier molecular flexibility index (Phi) is 40.2. The number of nitrogens with two attached hydrogens (primary N) is 3. The summed E-state index contributed by atoms with van der Waals surface area (Å²) in [7, 11) is 13.1. The molecule has 1 fully saturated rings. The van der Waals surface area contributed by atoms with E-state index < -0.39 is 17.6 Å². The first-order chi connectivity index (χ1) is 57.2. The number of nitrogens with zero attached hydrogens (tertiary/aromatic N) is 16. The van der Waals surface area contributed by atoms with E-state index in [0.29, 0.717) is 46.1 Å². The summed E-state index contributed by atoms with van der Waals surface area (Å²) >= 11 is 25.1. The van der Waals surface area contributed by atoms with Crippen LogP contribution in [0.2, 0.25) is 10.2 Å². The summed E-state index contributed by atoms with van der Waals surface area (Å²) in [6.45, 7) is 7.62. The SMILES string of the molecule is CC(=O)N=CN(C)C.COc1c(Br)cccc1-n1ncnc1C.COc1c(Br)cccc1NN.COc1c(Br)cccc1[N+](=O)[O-].COc1c(N)cccc1-n1ncnc1C.COc1c(N)cccc1Br.COc1c(N=C(c2ccccc2)c2ccccc2)cccc1-n1ncnc1C.Cl.FC(F)c1nc2c(Cl)cc(Cl)nc2n1C1CCCCO1. The van der Waals surface area contributed by atoms with E-state index in [1.165, 1.54) is 56.1 Å². The third kappa shape index (κ3) is 27.1. The molecule has 8 aromatic carbocycles. The number of nitro benzene ring substituents is 1. The highest BCUT2D eigenvalue weighted by molar-refractivity contribution is 9.11. The van der Waals surface area contributed by atoms with Gasteiger partial charge in [0.1, 0.15) is 76.1 Å². The summed E-state index contributed by atoms with van der Waals surface area (Å²) in [5, 5.41) is 23.3. The molecule has 5 aromatic heterocycles. The van der Waals surface area contributed by atoms with Crippen LogP contribution in [0.3, 0.4) is 0 Å². The molecule has 1 atom stereocenters. The molecule has 1 aliphatic heterocycles. The minimum Gasteiger partial charge on any atom is -0.493 e. The zero-order valence-corrected chi connectivity index (χ0v) is 75.6. The number of benzene rings is 8. The van der Waals surface area contributed by atoms with E-state index >= 15 is 0 Å². The van der Waals surface area contributed by atoms with Gasteiger partial charge in [-0.2, -0.15) is 15.3 Å². The highest BCUT2D eigenvalue weighted by atomic mass is 79.9. The molecular formula is C81H87Br4Cl3F2N20O10. The summed E-state index contributed by atoms with van der Waals surface area (Å²) in [5.74, 6) is 10.8. The van der Waals surface area contributed by atoms with Gasteiger partial charge in [-0.1, -0.05) is 120 Å². The number of imidazole rings is 1. The fourth-order valence-corrected chi connectivity index (χ4v) is 13.6. The lowest BCUT2D eigenvalue weighted by Crippen LogP contribution is -2.20. The van der Waals surface area contributed by atoms with E-state index in [1.54, 1.807) is 78.8 Å². The number of pyridine rings is 1. The van der Waals surface area contributed by atoms with Crippen LogP contribution in [0.25, 0.3) is 28.2 Å². The minimum absolute atomic E-state index is 0. The van der Waals surface area contributed by atoms with E-state index in [1.807, 2.05) is 150 Å². The lowest BCUT2D eigenvalue weighted by atomic mass is 10.0. The number of para-hydroxylation sites is 6. The second kappa shape index (κ2) is 49.4. The van der Waals surface area contributed by atoms with E-state index in [-0.39, 0.29) is 56.9 Å². The molecule has 0 saturated carbocycles. The molecular weight excluding hydrogens is 1880 g/mol. The molecule has 1 unspecified atom stereocenters. The lowest BCUT2D eigenvalue weighted by Gasteiger charge is -2.25. The van der Waals surface area contributed by atoms with Crippen LogP contribution in [0.5, 0.6) is 34.5 Å². The summed E-state index contributed by atoms with van der Waals surface area (Å²) in [6, 6.07) is 54.7. The van der Waals surface area contributed by atoms with Gasteiger partial charge in [0, 0.05) is 44.8 Å². The fraction of sp³-hybridized carbons (Fsp3) is 0.222. The number of nitrogens with one attached hydrogen (secondary N) is 1. The number of rotatable bonds is 17. The van der Waals surface area contributed by atoms with Crippen LogP contribution in [0.4, 0.5) is 37.2 Å². The number of ether oxygens (including phenoxy) is 7. The summed E-state index contributed by atoms with van der Waals surface area (Å²) in [5.41, 5.74) is 22.5. The number of aromatic nitrogens is 12. The van der Waals surface area contributed by atoms with Gasteiger partial charge in [-0.05, 0) is 177 Å². The lowest BCUT2D eigenvalue weighted by molar-refractivity contribution is -0.385. The zero-order chi connectivity index (χ0) is 86.8. The van der Waals surface area contributed by atoms with Crippen LogP contribution in [-0.4, -0.2) is 150 Å². The number of carbonyl (C=O) groups is 1. The maximum Gasteiger partial charge on any atom is 0.312 e. The molecule has 30 nitrogen and oxygen atoms in total. The fourth-order valence-electron chi connectivity index (χ4n) is 11.0. The van der Waals surface area contributed by atoms with Crippen molar-refractivity contribution in [2.75, 3.05) is 80.3 Å². The molecule has 0 bridgehead atoms. The second-order valence-electron chi connectivity index (χ2n) is 24.5. The van der Waals surface area contributed by atoms with Gasteiger partial charge in [0.15, 0.2) is 40.2 Å². The van der Waals surface area contributed by atoms with Crippen LogP contribution in [0.15, 0.2) is 223 Å². The van der Waals surface area contributed by atoms with Crippen molar-refractivity contribution >= 4 is 157 Å². The number of anilines is 3. The number of nitrogen functional groups attached to an aromatic ring is 3. The van der Waals surface area contributed by atoms with Gasteiger partial charge < -0.3 is 55.0 Å². The summed E-state index contributed by atoms with van der Waals surface area (Å²) in [4.78, 5) is 50.6. The average Bonchev–Trinajstić information content (AvgIpc) is 1.61. The first kappa shape index (κ1) is 97.6. The number of fused-ring (bicyclic) bond motifs is 1.